The molecule has 1 amide bonds. The van der Waals surface area contributed by atoms with Gasteiger partial charge in [0.05, 0.1) is 24.8 Å². The number of sulfonamides is 1. The van der Waals surface area contributed by atoms with E-state index < -0.39 is 10.0 Å². The van der Waals surface area contributed by atoms with Gasteiger partial charge in [0.25, 0.3) is 10.0 Å². The summed E-state index contributed by atoms with van der Waals surface area (Å²) in [5, 5.41) is 0. The maximum absolute atomic E-state index is 13.7. The van der Waals surface area contributed by atoms with E-state index in [1.165, 1.54) is 14.2 Å². The largest absolute Gasteiger partial charge is 0.493 e. The van der Waals surface area contributed by atoms with E-state index in [2.05, 4.69) is 0 Å². The third-order valence-electron chi connectivity index (χ3n) is 5.95. The van der Waals surface area contributed by atoms with E-state index in [1.807, 2.05) is 31.2 Å². The van der Waals surface area contributed by atoms with Crippen molar-refractivity contribution in [1.29, 1.82) is 0 Å². The predicted octanol–water partition coefficient (Wildman–Crippen LogP) is 4.19. The summed E-state index contributed by atoms with van der Waals surface area (Å²) in [6.07, 6.45) is 1.71. The monoisotopic (exact) mass is 480 g/mol. The minimum Gasteiger partial charge on any atom is -0.493 e. The maximum Gasteiger partial charge on any atom is 0.264 e. The Labute approximate surface area is 200 Å². The number of nitrogens with zero attached hydrogens (tertiary/aromatic N) is 2. The first kappa shape index (κ1) is 23.6. The molecule has 8 heteroatoms. The number of amides is 1. The summed E-state index contributed by atoms with van der Waals surface area (Å²) < 4.78 is 39.3. The van der Waals surface area contributed by atoms with Crippen LogP contribution in [0.1, 0.15) is 17.5 Å². The highest BCUT2D eigenvalue weighted by molar-refractivity contribution is 7.92. The fraction of sp³-hybridized carbons (Fsp3) is 0.269. The Morgan fingerprint density at radius 2 is 1.68 bits per heavy atom. The number of carbonyl (C=O) groups is 1. The number of anilines is 2. The van der Waals surface area contributed by atoms with E-state index in [9.17, 15) is 13.2 Å². The topological polar surface area (TPSA) is 76.2 Å². The average molecular weight is 481 g/mol. The molecule has 34 heavy (non-hydrogen) atoms. The van der Waals surface area contributed by atoms with Crippen molar-refractivity contribution in [3.8, 4) is 11.5 Å². The average Bonchev–Trinajstić information content (AvgIpc) is 2.86. The first-order valence-electron chi connectivity index (χ1n) is 11.0. The highest BCUT2D eigenvalue weighted by Gasteiger charge is 2.31. The minimum atomic E-state index is -4.04. The van der Waals surface area contributed by atoms with Crippen molar-refractivity contribution >= 4 is 27.3 Å². The number of methoxy groups -OCH3 is 2. The minimum absolute atomic E-state index is 0.111. The summed E-state index contributed by atoms with van der Waals surface area (Å²) in [5.74, 6) is 0.549. The lowest BCUT2D eigenvalue weighted by Crippen LogP contribution is -2.45. The van der Waals surface area contributed by atoms with Gasteiger partial charge in [-0.15, -0.1) is 0 Å². The molecule has 7 nitrogen and oxygen atoms in total. The van der Waals surface area contributed by atoms with Crippen molar-refractivity contribution in [2.24, 2.45) is 0 Å². The second-order valence-electron chi connectivity index (χ2n) is 8.14. The molecule has 0 radical (unpaired) electrons. The summed E-state index contributed by atoms with van der Waals surface area (Å²) >= 11 is 0. The van der Waals surface area contributed by atoms with Crippen LogP contribution in [0.15, 0.2) is 71.6 Å². The van der Waals surface area contributed by atoms with Crippen molar-refractivity contribution < 1.29 is 22.7 Å². The second-order valence-corrected chi connectivity index (χ2v) is 10.0. The van der Waals surface area contributed by atoms with Crippen LogP contribution < -0.4 is 18.7 Å². The Kier molecular flexibility index (Phi) is 6.79. The standard InChI is InChI=1S/C26H28N2O5S/c1-19-10-13-22(14-11-19)34(30,31)28(21-12-15-24(32-2)25(17-21)33-3)18-26(29)27-16-6-8-20-7-4-5-9-23(20)27/h4-5,7,9-15,17H,6,8,16,18H2,1-3H3. The third-order valence-corrected chi connectivity index (χ3v) is 7.74. The fourth-order valence-electron chi connectivity index (χ4n) is 4.13. The van der Waals surface area contributed by atoms with Crippen molar-refractivity contribution in [1.82, 2.24) is 0 Å². The lowest BCUT2D eigenvalue weighted by Gasteiger charge is -2.32. The van der Waals surface area contributed by atoms with E-state index in [1.54, 1.807) is 47.4 Å². The lowest BCUT2D eigenvalue weighted by atomic mass is 10.0. The predicted molar refractivity (Wildman–Crippen MR) is 132 cm³/mol. The SMILES string of the molecule is COc1ccc(N(CC(=O)N2CCCc3ccccc32)S(=O)(=O)c2ccc(C)cc2)cc1OC. The molecule has 3 aromatic rings. The van der Waals surface area contributed by atoms with Gasteiger partial charge in [-0.2, -0.15) is 0 Å². The molecule has 1 aliphatic heterocycles. The van der Waals surface area contributed by atoms with Crippen molar-refractivity contribution in [3.63, 3.8) is 0 Å². The Morgan fingerprint density at radius 3 is 2.38 bits per heavy atom. The van der Waals surface area contributed by atoms with Crippen LogP contribution in [0.5, 0.6) is 11.5 Å². The summed E-state index contributed by atoms with van der Waals surface area (Å²) in [6.45, 7) is 2.08. The number of rotatable bonds is 7. The van der Waals surface area contributed by atoms with Gasteiger partial charge in [0, 0.05) is 18.3 Å². The maximum atomic E-state index is 13.7. The van der Waals surface area contributed by atoms with Crippen LogP contribution >= 0.6 is 0 Å². The number of ether oxygens (including phenoxy) is 2. The van der Waals surface area contributed by atoms with E-state index in [4.69, 9.17) is 9.47 Å². The summed E-state index contributed by atoms with van der Waals surface area (Å²) in [5.41, 5.74) is 3.18. The smallest absolute Gasteiger partial charge is 0.264 e. The Bertz CT molecular complexity index is 1290. The normalized spacial score (nSPS) is 13.2. The number of aryl methyl sites for hydroxylation is 2. The molecule has 1 aliphatic rings. The van der Waals surface area contributed by atoms with Gasteiger partial charge in [0.2, 0.25) is 5.91 Å². The van der Waals surface area contributed by atoms with Crippen LogP contribution in [-0.2, 0) is 21.2 Å². The molecule has 0 N–H and O–H groups in total. The van der Waals surface area contributed by atoms with Crippen LogP contribution in [0.25, 0.3) is 0 Å². The van der Waals surface area contributed by atoms with Gasteiger partial charge in [0.1, 0.15) is 6.54 Å². The van der Waals surface area contributed by atoms with E-state index >= 15 is 0 Å². The number of hydrogen-bond donors (Lipinski definition) is 0. The zero-order valence-electron chi connectivity index (χ0n) is 19.5. The van der Waals surface area contributed by atoms with Gasteiger partial charge in [-0.05, 0) is 55.7 Å². The molecule has 178 valence electrons. The molecule has 0 aliphatic carbocycles. The van der Waals surface area contributed by atoms with Gasteiger partial charge in [-0.3, -0.25) is 9.10 Å². The molecule has 3 aromatic carbocycles. The molecular weight excluding hydrogens is 452 g/mol. The van der Waals surface area contributed by atoms with Gasteiger partial charge >= 0.3 is 0 Å². The first-order chi connectivity index (χ1) is 16.3. The second kappa shape index (κ2) is 9.77. The van der Waals surface area contributed by atoms with Crippen LogP contribution in [0.3, 0.4) is 0 Å². The van der Waals surface area contributed by atoms with Crippen LogP contribution in [0, 0.1) is 6.92 Å². The fourth-order valence-corrected chi connectivity index (χ4v) is 5.54. The highest BCUT2D eigenvalue weighted by atomic mass is 32.2. The van der Waals surface area contributed by atoms with Gasteiger partial charge in [-0.25, -0.2) is 8.42 Å². The van der Waals surface area contributed by atoms with Gasteiger partial charge in [0.15, 0.2) is 11.5 Å². The molecular formula is C26H28N2O5S. The molecule has 0 aromatic heterocycles. The van der Waals surface area contributed by atoms with E-state index in [0.717, 1.165) is 34.0 Å². The van der Waals surface area contributed by atoms with Crippen molar-refractivity contribution in [2.75, 3.05) is 36.5 Å². The first-order valence-corrected chi connectivity index (χ1v) is 12.5. The Morgan fingerprint density at radius 1 is 0.971 bits per heavy atom. The number of hydrogen-bond acceptors (Lipinski definition) is 5. The number of fused-ring (bicyclic) bond motifs is 1. The zero-order valence-corrected chi connectivity index (χ0v) is 20.3. The molecule has 1 heterocycles. The Balaban J connectivity index is 1.76. The molecule has 0 unspecified atom stereocenters. The molecule has 0 saturated heterocycles. The van der Waals surface area contributed by atoms with Gasteiger partial charge < -0.3 is 14.4 Å². The summed E-state index contributed by atoms with van der Waals surface area (Å²) in [7, 11) is -1.05. The van der Waals surface area contributed by atoms with E-state index in [-0.39, 0.29) is 17.3 Å². The molecule has 0 atom stereocenters. The molecule has 4 rings (SSSR count). The van der Waals surface area contributed by atoms with Crippen LogP contribution in [-0.4, -0.2) is 41.6 Å². The summed E-state index contributed by atoms with van der Waals surface area (Å²) in [6, 6.07) is 19.2. The van der Waals surface area contributed by atoms with Crippen LogP contribution in [0.2, 0.25) is 0 Å². The van der Waals surface area contributed by atoms with Crippen molar-refractivity contribution in [3.05, 3.63) is 77.9 Å². The molecule has 0 fully saturated rings. The zero-order chi connectivity index (χ0) is 24.3. The molecule has 0 spiro atoms. The van der Waals surface area contributed by atoms with Crippen molar-refractivity contribution in [2.45, 2.75) is 24.7 Å². The number of benzene rings is 3. The Hall–Kier alpha value is -3.52. The highest BCUT2D eigenvalue weighted by Crippen LogP contribution is 2.34. The third kappa shape index (κ3) is 4.59. The number of carbonyl (C=O) groups excluding carboxylic acids is 1. The molecule has 0 saturated carbocycles. The number of para-hydroxylation sites is 1. The molecule has 0 bridgehead atoms. The summed E-state index contributed by atoms with van der Waals surface area (Å²) in [4.78, 5) is 15.3. The lowest BCUT2D eigenvalue weighted by molar-refractivity contribution is -0.117. The quantitative estimate of drug-likeness (QED) is 0.507. The van der Waals surface area contributed by atoms with Crippen LogP contribution in [0.4, 0.5) is 11.4 Å². The van der Waals surface area contributed by atoms with Gasteiger partial charge in [-0.1, -0.05) is 35.9 Å². The van der Waals surface area contributed by atoms with E-state index in [0.29, 0.717) is 23.7 Å².